The largest absolute Gasteiger partial charge is 0.480 e. The van der Waals surface area contributed by atoms with Crippen molar-refractivity contribution in [1.29, 1.82) is 0 Å². The number of aliphatic carboxylic acids is 1. The number of carbonyl (C=O) groups excluding carboxylic acids is 1. The maximum absolute atomic E-state index is 11.9. The van der Waals surface area contributed by atoms with Gasteiger partial charge in [0.2, 0.25) is 0 Å². The predicted octanol–water partition coefficient (Wildman–Crippen LogP) is -0.694. The molecule has 1 atom stereocenters. The van der Waals surface area contributed by atoms with Crippen LogP contribution >= 0.6 is 0 Å². The van der Waals surface area contributed by atoms with E-state index in [9.17, 15) is 18.0 Å². The van der Waals surface area contributed by atoms with Crippen molar-refractivity contribution in [3.8, 4) is 0 Å². The minimum atomic E-state index is -3.18. The average Bonchev–Trinajstić information content (AvgIpc) is 2.71. The molecule has 1 aliphatic heterocycles. The van der Waals surface area contributed by atoms with E-state index in [1.807, 2.05) is 6.92 Å². The second-order valence-electron chi connectivity index (χ2n) is 4.51. The van der Waals surface area contributed by atoms with Crippen LogP contribution in [-0.4, -0.2) is 74.3 Å². The van der Waals surface area contributed by atoms with E-state index in [2.05, 4.69) is 5.32 Å². The molecule has 0 radical (unpaired) electrons. The van der Waals surface area contributed by atoms with Crippen molar-refractivity contribution >= 4 is 21.8 Å². The van der Waals surface area contributed by atoms with Gasteiger partial charge in [-0.25, -0.2) is 13.2 Å². The summed E-state index contributed by atoms with van der Waals surface area (Å²) in [6, 6.07) is -1.16. The Kier molecular flexibility index (Phi) is 6.21. The highest BCUT2D eigenvalue weighted by atomic mass is 32.2. The Labute approximate surface area is 118 Å². The van der Waals surface area contributed by atoms with Crippen LogP contribution in [0, 0.1) is 0 Å². The molecule has 1 saturated heterocycles. The van der Waals surface area contributed by atoms with Crippen LogP contribution in [0.25, 0.3) is 0 Å². The number of urea groups is 1. The van der Waals surface area contributed by atoms with E-state index in [-0.39, 0.29) is 24.5 Å². The average molecular weight is 308 g/mol. The van der Waals surface area contributed by atoms with Crippen LogP contribution in [0.3, 0.4) is 0 Å². The zero-order valence-electron chi connectivity index (χ0n) is 11.4. The number of ether oxygens (including phenoxy) is 1. The standard InChI is InChI=1S/C11H20N2O6S/c1-2-19-5-4-12-11(16)13(7-10(14)15)9-3-6-20(17,18)8-9/h9H,2-8H2,1H3,(H,12,16)(H,14,15). The molecule has 0 spiro atoms. The lowest BCUT2D eigenvalue weighted by molar-refractivity contribution is -0.138. The van der Waals surface area contributed by atoms with E-state index < -0.39 is 34.4 Å². The first-order valence-electron chi connectivity index (χ1n) is 6.40. The van der Waals surface area contributed by atoms with Crippen molar-refractivity contribution in [2.24, 2.45) is 0 Å². The SMILES string of the molecule is CCOCCNC(=O)N(CC(=O)O)C1CCS(=O)(=O)C1. The third kappa shape index (κ3) is 5.33. The number of rotatable bonds is 7. The number of sulfone groups is 1. The van der Waals surface area contributed by atoms with E-state index in [4.69, 9.17) is 9.84 Å². The lowest BCUT2D eigenvalue weighted by Gasteiger charge is -2.26. The second kappa shape index (κ2) is 7.44. The van der Waals surface area contributed by atoms with Crippen molar-refractivity contribution in [3.63, 3.8) is 0 Å². The molecule has 20 heavy (non-hydrogen) atoms. The van der Waals surface area contributed by atoms with Crippen LogP contribution in [0.5, 0.6) is 0 Å². The summed E-state index contributed by atoms with van der Waals surface area (Å²) in [5.74, 6) is -1.37. The molecule has 8 nitrogen and oxygen atoms in total. The van der Waals surface area contributed by atoms with Gasteiger partial charge in [0.25, 0.3) is 0 Å². The molecule has 116 valence electrons. The van der Waals surface area contributed by atoms with Gasteiger partial charge in [0.1, 0.15) is 6.54 Å². The number of carboxylic acid groups (broad SMARTS) is 1. The Balaban J connectivity index is 2.60. The summed E-state index contributed by atoms with van der Waals surface area (Å²) >= 11 is 0. The Morgan fingerprint density at radius 3 is 2.65 bits per heavy atom. The summed E-state index contributed by atoms with van der Waals surface area (Å²) in [7, 11) is -3.18. The summed E-state index contributed by atoms with van der Waals surface area (Å²) in [5, 5.41) is 11.4. The smallest absolute Gasteiger partial charge is 0.323 e. The van der Waals surface area contributed by atoms with Gasteiger partial charge in [-0.15, -0.1) is 0 Å². The third-order valence-electron chi connectivity index (χ3n) is 2.94. The molecule has 1 unspecified atom stereocenters. The van der Waals surface area contributed by atoms with Crippen molar-refractivity contribution in [2.75, 3.05) is 37.8 Å². The summed E-state index contributed by atoms with van der Waals surface area (Å²) in [5.41, 5.74) is 0. The summed E-state index contributed by atoms with van der Waals surface area (Å²) in [6.45, 7) is 2.41. The first-order chi connectivity index (χ1) is 9.35. The van der Waals surface area contributed by atoms with Gasteiger partial charge in [0.05, 0.1) is 18.1 Å². The monoisotopic (exact) mass is 308 g/mol. The summed E-state index contributed by atoms with van der Waals surface area (Å²) in [4.78, 5) is 23.8. The van der Waals surface area contributed by atoms with Gasteiger partial charge in [0.15, 0.2) is 9.84 Å². The lowest BCUT2D eigenvalue weighted by atomic mass is 10.2. The van der Waals surface area contributed by atoms with E-state index in [1.165, 1.54) is 0 Å². The molecule has 1 fully saturated rings. The molecule has 1 aliphatic rings. The number of nitrogens with one attached hydrogen (secondary N) is 1. The Morgan fingerprint density at radius 2 is 2.15 bits per heavy atom. The topological polar surface area (TPSA) is 113 Å². The molecule has 2 amide bonds. The van der Waals surface area contributed by atoms with Crippen LogP contribution in [0.2, 0.25) is 0 Å². The maximum Gasteiger partial charge on any atom is 0.323 e. The quantitative estimate of drug-likeness (QED) is 0.602. The van der Waals surface area contributed by atoms with Gasteiger partial charge >= 0.3 is 12.0 Å². The number of amides is 2. The van der Waals surface area contributed by atoms with E-state index in [1.54, 1.807) is 0 Å². The number of nitrogens with zero attached hydrogens (tertiary/aromatic N) is 1. The van der Waals surface area contributed by atoms with Gasteiger partial charge in [-0.2, -0.15) is 0 Å². The molecular formula is C11H20N2O6S. The van der Waals surface area contributed by atoms with Gasteiger partial charge in [0, 0.05) is 19.2 Å². The van der Waals surface area contributed by atoms with Crippen LogP contribution in [0.1, 0.15) is 13.3 Å². The molecule has 0 bridgehead atoms. The Morgan fingerprint density at radius 1 is 1.45 bits per heavy atom. The first-order valence-corrected chi connectivity index (χ1v) is 8.22. The maximum atomic E-state index is 11.9. The van der Waals surface area contributed by atoms with E-state index >= 15 is 0 Å². The molecule has 1 heterocycles. The molecule has 0 aromatic carbocycles. The number of hydrogen-bond acceptors (Lipinski definition) is 5. The van der Waals surface area contributed by atoms with Crippen LogP contribution < -0.4 is 5.32 Å². The first kappa shape index (κ1) is 16.7. The molecule has 0 saturated carbocycles. The van der Waals surface area contributed by atoms with E-state index in [0.717, 1.165) is 4.90 Å². The fourth-order valence-corrected chi connectivity index (χ4v) is 3.74. The van der Waals surface area contributed by atoms with Gasteiger partial charge in [-0.1, -0.05) is 0 Å². The van der Waals surface area contributed by atoms with Crippen molar-refractivity contribution in [3.05, 3.63) is 0 Å². The molecular weight excluding hydrogens is 288 g/mol. The highest BCUT2D eigenvalue weighted by Gasteiger charge is 2.35. The molecule has 2 N–H and O–H groups in total. The number of hydrogen-bond donors (Lipinski definition) is 2. The van der Waals surface area contributed by atoms with Gasteiger partial charge < -0.3 is 20.1 Å². The Bertz CT molecular complexity index is 450. The molecule has 9 heteroatoms. The van der Waals surface area contributed by atoms with Crippen molar-refractivity contribution in [1.82, 2.24) is 10.2 Å². The van der Waals surface area contributed by atoms with Gasteiger partial charge in [-0.05, 0) is 13.3 Å². The van der Waals surface area contributed by atoms with Crippen LogP contribution in [0.4, 0.5) is 4.79 Å². The number of carbonyl (C=O) groups is 2. The molecule has 0 aliphatic carbocycles. The highest BCUT2D eigenvalue weighted by Crippen LogP contribution is 2.17. The van der Waals surface area contributed by atoms with Crippen LogP contribution in [-0.2, 0) is 19.4 Å². The fraction of sp³-hybridized carbons (Fsp3) is 0.818. The zero-order chi connectivity index (χ0) is 15.2. The summed E-state index contributed by atoms with van der Waals surface area (Å²) < 4.78 is 27.9. The number of carboxylic acids is 1. The van der Waals surface area contributed by atoms with Crippen LogP contribution in [0.15, 0.2) is 0 Å². The molecule has 1 rings (SSSR count). The Hall–Kier alpha value is -1.35. The fourth-order valence-electron chi connectivity index (χ4n) is 2.01. The third-order valence-corrected chi connectivity index (χ3v) is 4.69. The second-order valence-corrected chi connectivity index (χ2v) is 6.74. The highest BCUT2D eigenvalue weighted by molar-refractivity contribution is 7.91. The van der Waals surface area contributed by atoms with Crippen molar-refractivity contribution < 1.29 is 27.9 Å². The lowest BCUT2D eigenvalue weighted by Crippen LogP contribution is -2.49. The molecule has 0 aromatic rings. The van der Waals surface area contributed by atoms with Crippen molar-refractivity contribution in [2.45, 2.75) is 19.4 Å². The predicted molar refractivity (Wildman–Crippen MR) is 71.3 cm³/mol. The zero-order valence-corrected chi connectivity index (χ0v) is 12.2. The minimum absolute atomic E-state index is 0.0139. The van der Waals surface area contributed by atoms with E-state index in [0.29, 0.717) is 13.2 Å². The molecule has 0 aromatic heterocycles. The van der Waals surface area contributed by atoms with Gasteiger partial charge in [-0.3, -0.25) is 4.79 Å². The minimum Gasteiger partial charge on any atom is -0.480 e. The summed E-state index contributed by atoms with van der Waals surface area (Å²) in [6.07, 6.45) is 0.272. The normalized spacial score (nSPS) is 20.6.